The minimum absolute atomic E-state index is 0.167. The molecule has 140 valence electrons. The van der Waals surface area contributed by atoms with Gasteiger partial charge in [-0.05, 0) is 43.5 Å². The number of esters is 1. The third kappa shape index (κ3) is 4.31. The zero-order chi connectivity index (χ0) is 19.2. The van der Waals surface area contributed by atoms with Crippen LogP contribution in [0.4, 0.5) is 5.69 Å². The number of aromatic nitrogens is 1. The molecule has 27 heavy (non-hydrogen) atoms. The first kappa shape index (κ1) is 18.6. The number of likely N-dealkylation sites (tertiary alicyclic amines) is 1. The molecule has 1 fully saturated rings. The summed E-state index contributed by atoms with van der Waals surface area (Å²) in [7, 11) is 1.28. The first-order chi connectivity index (χ1) is 13.1. The van der Waals surface area contributed by atoms with Gasteiger partial charge in [0.15, 0.2) is 0 Å². The number of carbonyl (C=O) groups is 3. The summed E-state index contributed by atoms with van der Waals surface area (Å²) in [6.07, 6.45) is 4.53. The molecule has 1 N–H and O–H groups in total. The Kier molecular flexibility index (Phi) is 5.80. The van der Waals surface area contributed by atoms with Gasteiger partial charge in [-0.1, -0.05) is 12.1 Å². The number of nitrogens with zero attached hydrogens (tertiary/aromatic N) is 2. The van der Waals surface area contributed by atoms with E-state index >= 15 is 0 Å². The highest BCUT2D eigenvalue weighted by molar-refractivity contribution is 6.08. The average Bonchev–Trinajstić information content (AvgIpc) is 2.73. The molecule has 0 saturated carbocycles. The van der Waals surface area contributed by atoms with Crippen molar-refractivity contribution in [1.29, 1.82) is 0 Å². The first-order valence-electron chi connectivity index (χ1n) is 8.84. The summed E-state index contributed by atoms with van der Waals surface area (Å²) in [5, 5.41) is 2.70. The number of ether oxygens (including phenoxy) is 1. The van der Waals surface area contributed by atoms with Gasteiger partial charge in [-0.15, -0.1) is 0 Å². The number of hydrogen-bond acceptors (Lipinski definition) is 5. The van der Waals surface area contributed by atoms with E-state index in [4.69, 9.17) is 4.74 Å². The zero-order valence-electron chi connectivity index (χ0n) is 15.1. The second-order valence-electron chi connectivity index (χ2n) is 6.27. The average molecular weight is 367 g/mol. The number of para-hydroxylation sites is 1. The van der Waals surface area contributed by atoms with E-state index in [9.17, 15) is 14.4 Å². The summed E-state index contributed by atoms with van der Waals surface area (Å²) >= 11 is 0. The molecule has 0 atom stereocenters. The van der Waals surface area contributed by atoms with Crippen molar-refractivity contribution < 1.29 is 19.1 Å². The minimum Gasteiger partial charge on any atom is -0.465 e. The number of methoxy groups -OCH3 is 1. The number of anilines is 1. The van der Waals surface area contributed by atoms with Crippen LogP contribution in [-0.2, 0) is 4.74 Å². The molecule has 2 amide bonds. The predicted octanol–water partition coefficient (Wildman–Crippen LogP) is 2.75. The van der Waals surface area contributed by atoms with Gasteiger partial charge in [-0.3, -0.25) is 14.6 Å². The fraction of sp³-hybridized carbons (Fsp3) is 0.300. The van der Waals surface area contributed by atoms with Gasteiger partial charge in [0.25, 0.3) is 11.8 Å². The number of pyridine rings is 1. The second kappa shape index (κ2) is 8.44. The molecule has 0 spiro atoms. The quantitative estimate of drug-likeness (QED) is 0.840. The predicted molar refractivity (Wildman–Crippen MR) is 99.7 cm³/mol. The van der Waals surface area contributed by atoms with Gasteiger partial charge in [0.1, 0.15) is 5.69 Å². The summed E-state index contributed by atoms with van der Waals surface area (Å²) in [5.74, 6) is -1.14. The van der Waals surface area contributed by atoms with E-state index < -0.39 is 11.9 Å². The van der Waals surface area contributed by atoms with Crippen LogP contribution in [0.1, 0.15) is 50.5 Å². The molecule has 3 rings (SSSR count). The molecule has 0 radical (unpaired) electrons. The Labute approximate surface area is 157 Å². The molecule has 7 nitrogen and oxygen atoms in total. The maximum absolute atomic E-state index is 12.6. The molecule has 2 heterocycles. The molecular formula is C20H21N3O4. The number of rotatable bonds is 4. The second-order valence-corrected chi connectivity index (χ2v) is 6.27. The Bertz CT molecular complexity index is 860. The van der Waals surface area contributed by atoms with Crippen LogP contribution in [-0.4, -0.2) is 47.9 Å². The van der Waals surface area contributed by atoms with Crippen LogP contribution in [0.15, 0.2) is 42.6 Å². The number of carbonyl (C=O) groups excluding carboxylic acids is 3. The highest BCUT2D eigenvalue weighted by Crippen LogP contribution is 2.18. The molecular weight excluding hydrogens is 346 g/mol. The van der Waals surface area contributed by atoms with Crippen LogP contribution < -0.4 is 5.32 Å². The van der Waals surface area contributed by atoms with Gasteiger partial charge < -0.3 is 15.0 Å². The van der Waals surface area contributed by atoms with E-state index in [1.807, 2.05) is 0 Å². The van der Waals surface area contributed by atoms with Gasteiger partial charge in [-0.2, -0.15) is 0 Å². The molecule has 2 aromatic rings. The fourth-order valence-corrected chi connectivity index (χ4v) is 3.02. The van der Waals surface area contributed by atoms with Crippen LogP contribution in [0.2, 0.25) is 0 Å². The molecule has 1 saturated heterocycles. The maximum atomic E-state index is 12.6. The molecule has 1 aliphatic heterocycles. The van der Waals surface area contributed by atoms with Crippen molar-refractivity contribution in [2.45, 2.75) is 19.3 Å². The molecule has 7 heteroatoms. The van der Waals surface area contributed by atoms with E-state index in [0.717, 1.165) is 19.3 Å². The Morgan fingerprint density at radius 3 is 2.56 bits per heavy atom. The van der Waals surface area contributed by atoms with Crippen molar-refractivity contribution >= 4 is 23.5 Å². The van der Waals surface area contributed by atoms with Gasteiger partial charge in [0.05, 0.1) is 18.4 Å². The van der Waals surface area contributed by atoms with Crippen molar-refractivity contribution in [3.05, 3.63) is 59.4 Å². The lowest BCUT2D eigenvalue weighted by Gasteiger charge is -2.26. The van der Waals surface area contributed by atoms with Gasteiger partial charge >= 0.3 is 5.97 Å². The van der Waals surface area contributed by atoms with Crippen molar-refractivity contribution in [1.82, 2.24) is 9.88 Å². The number of amides is 2. The monoisotopic (exact) mass is 367 g/mol. The number of hydrogen-bond donors (Lipinski definition) is 1. The highest BCUT2D eigenvalue weighted by Gasteiger charge is 2.21. The molecule has 1 aromatic heterocycles. The van der Waals surface area contributed by atoms with Crippen LogP contribution >= 0.6 is 0 Å². The summed E-state index contributed by atoms with van der Waals surface area (Å²) in [5.41, 5.74) is 1.14. The summed E-state index contributed by atoms with van der Waals surface area (Å²) < 4.78 is 4.73. The fourth-order valence-electron chi connectivity index (χ4n) is 3.02. The van der Waals surface area contributed by atoms with E-state index in [1.54, 1.807) is 29.2 Å². The summed E-state index contributed by atoms with van der Waals surface area (Å²) in [6.45, 7) is 1.42. The summed E-state index contributed by atoms with van der Waals surface area (Å²) in [4.78, 5) is 42.9. The Morgan fingerprint density at radius 2 is 1.81 bits per heavy atom. The van der Waals surface area contributed by atoms with E-state index in [1.165, 1.54) is 25.4 Å². The third-order valence-electron chi connectivity index (χ3n) is 4.47. The lowest BCUT2D eigenvalue weighted by Crippen LogP contribution is -2.36. The highest BCUT2D eigenvalue weighted by atomic mass is 16.5. The van der Waals surface area contributed by atoms with E-state index in [-0.39, 0.29) is 17.2 Å². The minimum atomic E-state index is -0.540. The summed E-state index contributed by atoms with van der Waals surface area (Å²) in [6, 6.07) is 9.59. The van der Waals surface area contributed by atoms with E-state index in [2.05, 4.69) is 10.3 Å². The SMILES string of the molecule is COC(=O)c1ccccc1NC(=O)c1ccnc(C(=O)N2CCCCC2)c1. The third-order valence-corrected chi connectivity index (χ3v) is 4.47. The Morgan fingerprint density at radius 1 is 1.07 bits per heavy atom. The zero-order valence-corrected chi connectivity index (χ0v) is 15.1. The van der Waals surface area contributed by atoms with Crippen molar-refractivity contribution in [2.24, 2.45) is 0 Å². The lowest BCUT2D eigenvalue weighted by atomic mass is 10.1. The molecule has 0 unspecified atom stereocenters. The first-order valence-corrected chi connectivity index (χ1v) is 8.84. The smallest absolute Gasteiger partial charge is 0.339 e. The normalized spacial score (nSPS) is 13.7. The molecule has 1 aromatic carbocycles. The standard InChI is InChI=1S/C20H21N3O4/c1-27-20(26)15-7-3-4-8-16(15)22-18(24)14-9-10-21-17(13-14)19(25)23-11-5-2-6-12-23/h3-4,7-10,13H,2,5-6,11-12H2,1H3,(H,22,24). The van der Waals surface area contributed by atoms with Crippen LogP contribution in [0.5, 0.6) is 0 Å². The molecule has 0 aliphatic carbocycles. The Balaban J connectivity index is 1.78. The van der Waals surface area contributed by atoms with Gasteiger partial charge in [-0.25, -0.2) is 4.79 Å². The Hall–Kier alpha value is -3.22. The van der Waals surface area contributed by atoms with E-state index in [0.29, 0.717) is 24.3 Å². The van der Waals surface area contributed by atoms with Gasteiger partial charge in [0, 0.05) is 24.8 Å². The van der Waals surface area contributed by atoms with Gasteiger partial charge in [0.2, 0.25) is 0 Å². The number of piperidine rings is 1. The maximum Gasteiger partial charge on any atom is 0.339 e. The van der Waals surface area contributed by atoms with Crippen LogP contribution in [0.3, 0.4) is 0 Å². The molecule has 1 aliphatic rings. The van der Waals surface area contributed by atoms with Crippen LogP contribution in [0.25, 0.3) is 0 Å². The largest absolute Gasteiger partial charge is 0.465 e. The van der Waals surface area contributed by atoms with Crippen molar-refractivity contribution in [2.75, 3.05) is 25.5 Å². The van der Waals surface area contributed by atoms with Crippen LogP contribution in [0, 0.1) is 0 Å². The van der Waals surface area contributed by atoms with Crippen molar-refractivity contribution in [3.8, 4) is 0 Å². The lowest BCUT2D eigenvalue weighted by molar-refractivity contribution is 0.0601. The number of nitrogens with one attached hydrogen (secondary N) is 1. The molecule has 0 bridgehead atoms. The number of benzene rings is 1. The van der Waals surface area contributed by atoms with Crippen molar-refractivity contribution in [3.63, 3.8) is 0 Å². The topological polar surface area (TPSA) is 88.6 Å².